The molecule has 0 aromatic heterocycles. The molecule has 1 aromatic carbocycles. The second-order valence-electron chi connectivity index (χ2n) is 4.33. The lowest BCUT2D eigenvalue weighted by Crippen LogP contribution is -2.48. The lowest BCUT2D eigenvalue weighted by molar-refractivity contribution is 0.199. The molecular formula is C12H17BrCl2N2. The van der Waals surface area contributed by atoms with E-state index in [0.717, 1.165) is 35.7 Å². The molecule has 0 amide bonds. The van der Waals surface area contributed by atoms with E-state index in [9.17, 15) is 0 Å². The summed E-state index contributed by atoms with van der Waals surface area (Å²) < 4.78 is 1.10. The molecule has 1 unspecified atom stereocenters. The normalized spacial score (nSPS) is 21.0. The minimum Gasteiger partial charge on any atom is -0.312 e. The molecular weight excluding hydrogens is 323 g/mol. The topological polar surface area (TPSA) is 15.3 Å². The Labute approximate surface area is 122 Å². The van der Waals surface area contributed by atoms with E-state index in [1.54, 1.807) is 0 Å². The Balaban J connectivity index is 0.00000144. The van der Waals surface area contributed by atoms with Crippen LogP contribution < -0.4 is 5.32 Å². The largest absolute Gasteiger partial charge is 0.312 e. The molecule has 2 nitrogen and oxygen atoms in total. The van der Waals surface area contributed by atoms with Gasteiger partial charge in [0, 0.05) is 41.7 Å². The minimum atomic E-state index is 0. The highest BCUT2D eigenvalue weighted by molar-refractivity contribution is 9.10. The molecule has 96 valence electrons. The number of nitrogens with zero attached hydrogens (tertiary/aromatic N) is 1. The molecule has 1 atom stereocenters. The Bertz CT molecular complexity index is 374. The predicted octanol–water partition coefficient (Wildman–Crippen LogP) is 3.32. The number of halogens is 3. The fourth-order valence-corrected chi connectivity index (χ4v) is 2.85. The van der Waals surface area contributed by atoms with Crippen molar-refractivity contribution in [2.45, 2.75) is 19.5 Å². The van der Waals surface area contributed by atoms with Crippen LogP contribution >= 0.6 is 39.9 Å². The van der Waals surface area contributed by atoms with Crippen molar-refractivity contribution in [2.24, 2.45) is 0 Å². The zero-order chi connectivity index (χ0) is 11.5. The summed E-state index contributed by atoms with van der Waals surface area (Å²) in [5, 5.41) is 4.23. The molecule has 1 aliphatic heterocycles. The standard InChI is InChI=1S/C12H16BrClN2.ClH/c1-9-7-16(5-4-15-9)8-10-2-3-11(14)6-12(10)13;/h2-3,6,9,15H,4-5,7-8H2,1H3;1H. The van der Waals surface area contributed by atoms with Crippen LogP contribution in [0.3, 0.4) is 0 Å². The van der Waals surface area contributed by atoms with Crippen LogP contribution in [0.4, 0.5) is 0 Å². The smallest absolute Gasteiger partial charge is 0.0417 e. The monoisotopic (exact) mass is 338 g/mol. The molecule has 1 saturated heterocycles. The molecule has 1 fully saturated rings. The summed E-state index contributed by atoms with van der Waals surface area (Å²) in [7, 11) is 0. The molecule has 17 heavy (non-hydrogen) atoms. The Hall–Kier alpha value is 0.200. The van der Waals surface area contributed by atoms with E-state index in [2.05, 4.69) is 39.1 Å². The van der Waals surface area contributed by atoms with E-state index in [1.807, 2.05) is 12.1 Å². The molecule has 1 N–H and O–H groups in total. The molecule has 5 heteroatoms. The third-order valence-electron chi connectivity index (χ3n) is 2.86. The summed E-state index contributed by atoms with van der Waals surface area (Å²) in [6.45, 7) is 6.51. The van der Waals surface area contributed by atoms with Crippen LogP contribution in [0.1, 0.15) is 12.5 Å². The highest BCUT2D eigenvalue weighted by atomic mass is 79.9. The maximum atomic E-state index is 5.93. The van der Waals surface area contributed by atoms with E-state index < -0.39 is 0 Å². The van der Waals surface area contributed by atoms with Crippen LogP contribution in [0.2, 0.25) is 5.02 Å². The van der Waals surface area contributed by atoms with Crippen molar-refractivity contribution in [3.05, 3.63) is 33.3 Å². The van der Waals surface area contributed by atoms with Gasteiger partial charge in [0.05, 0.1) is 0 Å². The van der Waals surface area contributed by atoms with Crippen molar-refractivity contribution in [2.75, 3.05) is 19.6 Å². The molecule has 1 heterocycles. The fraction of sp³-hybridized carbons (Fsp3) is 0.500. The first-order valence-electron chi connectivity index (χ1n) is 5.55. The van der Waals surface area contributed by atoms with Crippen molar-refractivity contribution in [1.82, 2.24) is 10.2 Å². The first-order valence-corrected chi connectivity index (χ1v) is 6.72. The zero-order valence-corrected chi connectivity index (χ0v) is 12.9. The molecule has 0 spiro atoms. The van der Waals surface area contributed by atoms with Crippen molar-refractivity contribution >= 4 is 39.9 Å². The number of benzene rings is 1. The van der Waals surface area contributed by atoms with Gasteiger partial charge in [0.1, 0.15) is 0 Å². The first kappa shape index (κ1) is 15.3. The van der Waals surface area contributed by atoms with Gasteiger partial charge in [0.15, 0.2) is 0 Å². The highest BCUT2D eigenvalue weighted by Gasteiger charge is 2.16. The summed E-state index contributed by atoms with van der Waals surface area (Å²) in [5.41, 5.74) is 1.30. The number of nitrogens with one attached hydrogen (secondary N) is 1. The number of hydrogen-bond donors (Lipinski definition) is 1. The van der Waals surface area contributed by atoms with Crippen molar-refractivity contribution < 1.29 is 0 Å². The van der Waals surface area contributed by atoms with Crippen LogP contribution in [-0.4, -0.2) is 30.6 Å². The van der Waals surface area contributed by atoms with Gasteiger partial charge in [0.25, 0.3) is 0 Å². The Morgan fingerprint density at radius 2 is 2.29 bits per heavy atom. The molecule has 1 aliphatic rings. The molecule has 0 bridgehead atoms. The summed E-state index contributed by atoms with van der Waals surface area (Å²) in [5.74, 6) is 0. The van der Waals surface area contributed by atoms with Gasteiger partial charge in [-0.2, -0.15) is 0 Å². The zero-order valence-electron chi connectivity index (χ0n) is 9.75. The Kier molecular flexibility index (Phi) is 6.24. The minimum absolute atomic E-state index is 0. The van der Waals surface area contributed by atoms with Gasteiger partial charge in [-0.15, -0.1) is 12.4 Å². The number of rotatable bonds is 2. The van der Waals surface area contributed by atoms with Crippen molar-refractivity contribution in [3.8, 4) is 0 Å². The quantitative estimate of drug-likeness (QED) is 0.889. The van der Waals surface area contributed by atoms with Gasteiger partial charge < -0.3 is 5.32 Å². The molecule has 0 aliphatic carbocycles. The summed E-state index contributed by atoms with van der Waals surface area (Å²) in [6.07, 6.45) is 0. The second kappa shape index (κ2) is 6.95. The van der Waals surface area contributed by atoms with Crippen molar-refractivity contribution in [1.29, 1.82) is 0 Å². The summed E-state index contributed by atoms with van der Waals surface area (Å²) in [6, 6.07) is 6.59. The van der Waals surface area contributed by atoms with Gasteiger partial charge in [-0.25, -0.2) is 0 Å². The third kappa shape index (κ3) is 4.42. The summed E-state index contributed by atoms with van der Waals surface area (Å²) in [4.78, 5) is 2.47. The second-order valence-corrected chi connectivity index (χ2v) is 5.62. The van der Waals surface area contributed by atoms with Gasteiger partial charge in [-0.3, -0.25) is 4.90 Å². The van der Waals surface area contributed by atoms with Gasteiger partial charge in [-0.1, -0.05) is 33.6 Å². The van der Waals surface area contributed by atoms with Crippen molar-refractivity contribution in [3.63, 3.8) is 0 Å². The van der Waals surface area contributed by atoms with E-state index >= 15 is 0 Å². The molecule has 0 saturated carbocycles. The fourth-order valence-electron chi connectivity index (χ4n) is 2.05. The molecule has 2 rings (SSSR count). The lowest BCUT2D eigenvalue weighted by atomic mass is 10.1. The average Bonchev–Trinajstić information content (AvgIpc) is 2.22. The van der Waals surface area contributed by atoms with Gasteiger partial charge in [0.2, 0.25) is 0 Å². The van der Waals surface area contributed by atoms with E-state index in [0.29, 0.717) is 6.04 Å². The van der Waals surface area contributed by atoms with Crippen LogP contribution in [0, 0.1) is 0 Å². The number of hydrogen-bond acceptors (Lipinski definition) is 2. The molecule has 1 aromatic rings. The predicted molar refractivity (Wildman–Crippen MR) is 79.1 cm³/mol. The van der Waals surface area contributed by atoms with Crippen LogP contribution in [0.25, 0.3) is 0 Å². The van der Waals surface area contributed by atoms with Gasteiger partial charge >= 0.3 is 0 Å². The number of piperazine rings is 1. The van der Waals surface area contributed by atoms with Crippen LogP contribution in [0.15, 0.2) is 22.7 Å². The Morgan fingerprint density at radius 3 is 2.94 bits per heavy atom. The third-order valence-corrected chi connectivity index (χ3v) is 3.84. The maximum Gasteiger partial charge on any atom is 0.0417 e. The van der Waals surface area contributed by atoms with E-state index in [4.69, 9.17) is 11.6 Å². The first-order chi connectivity index (χ1) is 7.65. The highest BCUT2D eigenvalue weighted by Crippen LogP contribution is 2.23. The van der Waals surface area contributed by atoms with Gasteiger partial charge in [-0.05, 0) is 24.6 Å². The van der Waals surface area contributed by atoms with E-state index in [-0.39, 0.29) is 12.4 Å². The Morgan fingerprint density at radius 1 is 1.53 bits per heavy atom. The summed E-state index contributed by atoms with van der Waals surface area (Å²) >= 11 is 9.49. The average molecular weight is 340 g/mol. The maximum absolute atomic E-state index is 5.93. The molecule has 0 radical (unpaired) electrons. The van der Waals surface area contributed by atoms with Crippen LogP contribution in [0.5, 0.6) is 0 Å². The van der Waals surface area contributed by atoms with E-state index in [1.165, 1.54) is 5.56 Å². The SMILES string of the molecule is CC1CN(Cc2ccc(Cl)cc2Br)CCN1.Cl. The lowest BCUT2D eigenvalue weighted by Gasteiger charge is -2.32. The van der Waals surface area contributed by atoms with Crippen LogP contribution in [-0.2, 0) is 6.54 Å².